The summed E-state index contributed by atoms with van der Waals surface area (Å²) in [5, 5.41) is 10.6. The third-order valence-electron chi connectivity index (χ3n) is 5.26. The zero-order chi connectivity index (χ0) is 24.0. The Balaban J connectivity index is 1.41. The predicted molar refractivity (Wildman–Crippen MR) is 120 cm³/mol. The molecule has 2 unspecified atom stereocenters. The van der Waals surface area contributed by atoms with Crippen LogP contribution in [-0.2, 0) is 4.74 Å². The molecule has 0 saturated carbocycles. The van der Waals surface area contributed by atoms with Crippen molar-refractivity contribution in [3.8, 4) is 11.5 Å². The molecule has 0 spiro atoms. The summed E-state index contributed by atoms with van der Waals surface area (Å²) in [6, 6.07) is 11.0. The van der Waals surface area contributed by atoms with Crippen molar-refractivity contribution in [1.82, 2.24) is 4.90 Å². The summed E-state index contributed by atoms with van der Waals surface area (Å²) in [6.07, 6.45) is 0.133. The van der Waals surface area contributed by atoms with Gasteiger partial charge in [0.15, 0.2) is 11.6 Å². The molecule has 0 bridgehead atoms. The van der Waals surface area contributed by atoms with Crippen molar-refractivity contribution in [3.05, 3.63) is 59.7 Å². The minimum atomic E-state index is -0.940. The Hall–Kier alpha value is -2.87. The fourth-order valence-electron chi connectivity index (χ4n) is 3.63. The van der Waals surface area contributed by atoms with Gasteiger partial charge >= 0.3 is 6.09 Å². The Bertz CT molecular complexity index is 929. The maximum absolute atomic E-state index is 13.2. The fourth-order valence-corrected chi connectivity index (χ4v) is 3.63. The third-order valence-corrected chi connectivity index (χ3v) is 5.26. The predicted octanol–water partition coefficient (Wildman–Crippen LogP) is 4.90. The molecule has 1 heterocycles. The largest absolute Gasteiger partial charge is 0.493 e. The minimum absolute atomic E-state index is 0.0674. The molecule has 1 amide bonds. The lowest BCUT2D eigenvalue weighted by atomic mass is 9.87. The quantitative estimate of drug-likeness (QED) is 0.592. The number of hydrogen-bond donors (Lipinski definition) is 1. The molecular formula is C25H31F2NO5. The van der Waals surface area contributed by atoms with Gasteiger partial charge in [0, 0.05) is 24.9 Å². The van der Waals surface area contributed by atoms with Crippen LogP contribution in [0.1, 0.15) is 45.1 Å². The summed E-state index contributed by atoms with van der Waals surface area (Å²) < 4.78 is 42.6. The Morgan fingerprint density at radius 2 is 1.67 bits per heavy atom. The molecule has 33 heavy (non-hydrogen) atoms. The number of piperidine rings is 1. The van der Waals surface area contributed by atoms with Crippen LogP contribution in [0.5, 0.6) is 11.5 Å². The third kappa shape index (κ3) is 7.32. The number of carbonyl (C=O) groups excluding carboxylic acids is 1. The van der Waals surface area contributed by atoms with E-state index in [0.717, 1.165) is 17.7 Å². The number of aliphatic hydroxyl groups excluding tert-OH is 1. The first kappa shape index (κ1) is 24.8. The molecule has 1 aliphatic rings. The molecule has 1 saturated heterocycles. The van der Waals surface area contributed by atoms with E-state index in [-0.39, 0.29) is 18.2 Å². The second kappa shape index (κ2) is 10.8. The Labute approximate surface area is 193 Å². The van der Waals surface area contributed by atoms with E-state index in [1.54, 1.807) is 4.90 Å². The number of amides is 1. The molecule has 2 atom stereocenters. The average Bonchev–Trinajstić information content (AvgIpc) is 2.75. The van der Waals surface area contributed by atoms with Gasteiger partial charge in [0.25, 0.3) is 0 Å². The van der Waals surface area contributed by atoms with E-state index < -0.39 is 29.4 Å². The molecule has 0 aromatic heterocycles. The van der Waals surface area contributed by atoms with Crippen LogP contribution in [0.2, 0.25) is 0 Å². The lowest BCUT2D eigenvalue weighted by Gasteiger charge is -2.36. The van der Waals surface area contributed by atoms with Gasteiger partial charge in [-0.05, 0) is 57.0 Å². The lowest BCUT2D eigenvalue weighted by molar-refractivity contribution is -0.00152. The van der Waals surface area contributed by atoms with E-state index in [1.807, 2.05) is 45.0 Å². The number of benzene rings is 2. The van der Waals surface area contributed by atoms with Crippen molar-refractivity contribution in [2.75, 3.05) is 26.3 Å². The maximum Gasteiger partial charge on any atom is 0.410 e. The van der Waals surface area contributed by atoms with Crippen molar-refractivity contribution in [2.45, 2.75) is 51.2 Å². The number of carbonyl (C=O) groups is 1. The van der Waals surface area contributed by atoms with Gasteiger partial charge < -0.3 is 24.2 Å². The number of aliphatic hydroxyl groups is 1. The van der Waals surface area contributed by atoms with E-state index in [0.29, 0.717) is 38.3 Å². The highest BCUT2D eigenvalue weighted by Crippen LogP contribution is 2.30. The van der Waals surface area contributed by atoms with Crippen molar-refractivity contribution >= 4 is 6.09 Å². The molecular weight excluding hydrogens is 432 g/mol. The molecule has 0 aliphatic carbocycles. The second-order valence-corrected chi connectivity index (χ2v) is 9.08. The van der Waals surface area contributed by atoms with Gasteiger partial charge in [-0.2, -0.15) is 0 Å². The average molecular weight is 464 g/mol. The van der Waals surface area contributed by atoms with Gasteiger partial charge in [0.2, 0.25) is 0 Å². The van der Waals surface area contributed by atoms with Gasteiger partial charge in [-0.15, -0.1) is 0 Å². The van der Waals surface area contributed by atoms with Crippen LogP contribution < -0.4 is 9.47 Å². The normalized spacial score (nSPS) is 18.7. The molecule has 2 aromatic carbocycles. The number of ether oxygens (including phenoxy) is 3. The van der Waals surface area contributed by atoms with Gasteiger partial charge in [-0.3, -0.25) is 0 Å². The Morgan fingerprint density at radius 3 is 2.27 bits per heavy atom. The highest BCUT2D eigenvalue weighted by Gasteiger charge is 2.33. The number of nitrogens with zero attached hydrogens (tertiary/aromatic N) is 1. The van der Waals surface area contributed by atoms with Crippen LogP contribution in [-0.4, -0.2) is 54.1 Å². The topological polar surface area (TPSA) is 68.2 Å². The highest BCUT2D eigenvalue weighted by atomic mass is 19.2. The summed E-state index contributed by atoms with van der Waals surface area (Å²) in [5.74, 6) is -0.955. The standard InChI is InChI=1S/C25H31F2NO5/c1-25(2,3)33-24(30)28-12-11-20(23(29)16-28)17-5-7-18(8-6-17)31-13-4-14-32-19-9-10-21(26)22(27)15-19/h5-10,15,20,23,29H,4,11-14,16H2,1-3H3. The zero-order valence-electron chi connectivity index (χ0n) is 19.2. The second-order valence-electron chi connectivity index (χ2n) is 9.08. The molecule has 3 rings (SSSR count). The lowest BCUT2D eigenvalue weighted by Crippen LogP contribution is -2.47. The number of halogens is 2. The minimum Gasteiger partial charge on any atom is -0.493 e. The van der Waals surface area contributed by atoms with Crippen LogP contribution in [0, 0.1) is 11.6 Å². The first-order chi connectivity index (χ1) is 15.6. The van der Waals surface area contributed by atoms with E-state index >= 15 is 0 Å². The molecule has 1 N–H and O–H groups in total. The maximum atomic E-state index is 13.2. The molecule has 1 aliphatic heterocycles. The van der Waals surface area contributed by atoms with Crippen LogP contribution in [0.15, 0.2) is 42.5 Å². The Kier molecular flexibility index (Phi) is 8.13. The van der Waals surface area contributed by atoms with Crippen LogP contribution >= 0.6 is 0 Å². The summed E-state index contributed by atoms with van der Waals surface area (Å²) in [7, 11) is 0. The first-order valence-corrected chi connectivity index (χ1v) is 11.1. The molecule has 8 heteroatoms. The molecule has 0 radical (unpaired) electrons. The number of likely N-dealkylation sites (tertiary alicyclic amines) is 1. The van der Waals surface area contributed by atoms with Gasteiger partial charge in [0.1, 0.15) is 17.1 Å². The van der Waals surface area contributed by atoms with Crippen molar-refractivity contribution in [3.63, 3.8) is 0 Å². The van der Waals surface area contributed by atoms with E-state index in [1.165, 1.54) is 6.07 Å². The van der Waals surface area contributed by atoms with Crippen molar-refractivity contribution in [2.24, 2.45) is 0 Å². The SMILES string of the molecule is CC(C)(C)OC(=O)N1CCC(c2ccc(OCCCOc3ccc(F)c(F)c3)cc2)C(O)C1. The monoisotopic (exact) mass is 463 g/mol. The molecule has 1 fully saturated rings. The van der Waals surface area contributed by atoms with Crippen LogP contribution in [0.4, 0.5) is 13.6 Å². The van der Waals surface area contributed by atoms with Crippen LogP contribution in [0.25, 0.3) is 0 Å². The summed E-state index contributed by atoms with van der Waals surface area (Å²) in [4.78, 5) is 13.8. The van der Waals surface area contributed by atoms with Crippen LogP contribution in [0.3, 0.4) is 0 Å². The van der Waals surface area contributed by atoms with Gasteiger partial charge in [-0.1, -0.05) is 12.1 Å². The number of hydrogen-bond acceptors (Lipinski definition) is 5. The first-order valence-electron chi connectivity index (χ1n) is 11.1. The van der Waals surface area contributed by atoms with Gasteiger partial charge in [-0.25, -0.2) is 13.6 Å². The fraction of sp³-hybridized carbons (Fsp3) is 0.480. The molecule has 180 valence electrons. The highest BCUT2D eigenvalue weighted by molar-refractivity contribution is 5.68. The Morgan fingerprint density at radius 1 is 1.03 bits per heavy atom. The van der Waals surface area contributed by atoms with E-state index in [2.05, 4.69) is 0 Å². The van der Waals surface area contributed by atoms with Crippen molar-refractivity contribution < 1.29 is 32.9 Å². The number of rotatable bonds is 7. The van der Waals surface area contributed by atoms with E-state index in [9.17, 15) is 18.7 Å². The molecule has 2 aromatic rings. The van der Waals surface area contributed by atoms with E-state index in [4.69, 9.17) is 14.2 Å². The van der Waals surface area contributed by atoms with Gasteiger partial charge in [0.05, 0.1) is 25.9 Å². The summed E-state index contributed by atoms with van der Waals surface area (Å²) in [5.41, 5.74) is 0.417. The van der Waals surface area contributed by atoms with Crippen molar-refractivity contribution in [1.29, 1.82) is 0 Å². The summed E-state index contributed by atoms with van der Waals surface area (Å²) >= 11 is 0. The molecule has 6 nitrogen and oxygen atoms in total. The zero-order valence-corrected chi connectivity index (χ0v) is 19.2. The number of β-amino-alcohol motifs (C(OH)–C–C–N with tert-alkyl or cyclic N) is 1. The summed E-state index contributed by atoms with van der Waals surface area (Å²) in [6.45, 7) is 6.92. The smallest absolute Gasteiger partial charge is 0.410 e.